The van der Waals surface area contributed by atoms with Crippen molar-refractivity contribution in [3.8, 4) is 11.4 Å². The van der Waals surface area contributed by atoms with E-state index in [-0.39, 0.29) is 33.2 Å². The van der Waals surface area contributed by atoms with Crippen LogP contribution in [0.3, 0.4) is 0 Å². The van der Waals surface area contributed by atoms with Gasteiger partial charge >= 0.3 is 0 Å². The van der Waals surface area contributed by atoms with Crippen LogP contribution in [-0.4, -0.2) is 38.5 Å². The van der Waals surface area contributed by atoms with E-state index in [9.17, 15) is 18.4 Å². The number of thioether (sulfide) groups is 1. The van der Waals surface area contributed by atoms with Crippen LogP contribution in [0, 0.1) is 11.6 Å². The fraction of sp³-hybridized carbons (Fsp3) is 0.100. The summed E-state index contributed by atoms with van der Waals surface area (Å²) < 4.78 is 33.1. The molecule has 0 saturated carbocycles. The molecule has 0 aliphatic carbocycles. The average Bonchev–Trinajstić information content (AvgIpc) is 3.24. The van der Waals surface area contributed by atoms with Gasteiger partial charge in [0.1, 0.15) is 11.1 Å². The summed E-state index contributed by atoms with van der Waals surface area (Å²) in [6.07, 6.45) is 1.38. The van der Waals surface area contributed by atoms with Crippen LogP contribution in [0.5, 0.6) is 5.75 Å². The standard InChI is InChI=1S/C20H15F2N5O3S/c1-30-16-5-3-2-4-15(16)27-19(29)12-9-23-26-18(12)25-20(27)31-10-17(28)24-11-6-7-13(21)14(22)8-11/h2-9H,10H2,1H3,(H,23,26)(H,24,28). The zero-order valence-corrected chi connectivity index (χ0v) is 16.9. The summed E-state index contributed by atoms with van der Waals surface area (Å²) in [6.45, 7) is 0. The van der Waals surface area contributed by atoms with Gasteiger partial charge in [0.2, 0.25) is 5.91 Å². The van der Waals surface area contributed by atoms with Crippen LogP contribution >= 0.6 is 11.8 Å². The van der Waals surface area contributed by atoms with Crippen LogP contribution in [0.4, 0.5) is 14.5 Å². The number of aromatic amines is 1. The number of halogens is 2. The largest absolute Gasteiger partial charge is 0.495 e. The van der Waals surface area contributed by atoms with Gasteiger partial charge in [0.05, 0.1) is 24.7 Å². The molecule has 11 heteroatoms. The maximum absolute atomic E-state index is 13.4. The Morgan fingerprint density at radius 3 is 2.81 bits per heavy atom. The monoisotopic (exact) mass is 443 g/mol. The first kappa shape index (κ1) is 20.5. The highest BCUT2D eigenvalue weighted by atomic mass is 32.2. The topological polar surface area (TPSA) is 102 Å². The molecule has 4 aromatic rings. The van der Waals surface area contributed by atoms with Crippen molar-refractivity contribution < 1.29 is 18.3 Å². The molecule has 0 unspecified atom stereocenters. The summed E-state index contributed by atoms with van der Waals surface area (Å²) in [7, 11) is 1.48. The molecule has 8 nitrogen and oxygen atoms in total. The molecule has 158 valence electrons. The van der Waals surface area contributed by atoms with Gasteiger partial charge in [-0.05, 0) is 24.3 Å². The Kier molecular flexibility index (Phi) is 5.67. The smallest absolute Gasteiger partial charge is 0.270 e. The number of fused-ring (bicyclic) bond motifs is 1. The Bertz CT molecular complexity index is 1340. The summed E-state index contributed by atoms with van der Waals surface area (Å²) in [5.41, 5.74) is 0.462. The van der Waals surface area contributed by atoms with Crippen LogP contribution in [0.1, 0.15) is 0 Å². The average molecular weight is 443 g/mol. The fourth-order valence-electron chi connectivity index (χ4n) is 2.90. The van der Waals surface area contributed by atoms with E-state index in [0.29, 0.717) is 11.4 Å². The number of hydrogen-bond donors (Lipinski definition) is 2. The third-order valence-corrected chi connectivity index (χ3v) is 5.25. The number of carbonyl (C=O) groups excluding carboxylic acids is 1. The molecule has 0 saturated heterocycles. The Morgan fingerprint density at radius 1 is 1.23 bits per heavy atom. The third-order valence-electron chi connectivity index (χ3n) is 4.31. The van der Waals surface area contributed by atoms with E-state index in [4.69, 9.17) is 4.74 Å². The molecule has 2 heterocycles. The zero-order valence-electron chi connectivity index (χ0n) is 16.1. The SMILES string of the molecule is COc1ccccc1-n1c(SCC(=O)Nc2ccc(F)c(F)c2)nc2[nH]ncc2c1=O. The van der Waals surface area contributed by atoms with Crippen LogP contribution in [0.2, 0.25) is 0 Å². The lowest BCUT2D eigenvalue weighted by Gasteiger charge is -2.14. The quantitative estimate of drug-likeness (QED) is 0.351. The van der Waals surface area contributed by atoms with Gasteiger partial charge in [-0.15, -0.1) is 0 Å². The normalized spacial score (nSPS) is 10.9. The van der Waals surface area contributed by atoms with Crippen molar-refractivity contribution in [3.63, 3.8) is 0 Å². The minimum Gasteiger partial charge on any atom is -0.495 e. The number of benzene rings is 2. The number of methoxy groups -OCH3 is 1. The van der Waals surface area contributed by atoms with Gasteiger partial charge in [-0.1, -0.05) is 23.9 Å². The molecule has 1 amide bonds. The van der Waals surface area contributed by atoms with E-state index < -0.39 is 17.5 Å². The highest BCUT2D eigenvalue weighted by molar-refractivity contribution is 7.99. The highest BCUT2D eigenvalue weighted by Crippen LogP contribution is 2.26. The van der Waals surface area contributed by atoms with Crippen LogP contribution < -0.4 is 15.6 Å². The summed E-state index contributed by atoms with van der Waals surface area (Å²) in [4.78, 5) is 29.9. The summed E-state index contributed by atoms with van der Waals surface area (Å²) >= 11 is 0.997. The maximum atomic E-state index is 13.4. The Hall–Kier alpha value is -3.73. The van der Waals surface area contributed by atoms with Gasteiger partial charge in [-0.3, -0.25) is 19.3 Å². The molecule has 0 spiro atoms. The Balaban J connectivity index is 1.66. The first-order valence-electron chi connectivity index (χ1n) is 8.95. The molecule has 2 aromatic carbocycles. The van der Waals surface area contributed by atoms with Crippen molar-refractivity contribution in [1.82, 2.24) is 19.7 Å². The summed E-state index contributed by atoms with van der Waals surface area (Å²) in [5.74, 6) is -2.25. The van der Waals surface area contributed by atoms with Crippen LogP contribution in [0.15, 0.2) is 58.6 Å². The van der Waals surface area contributed by atoms with Gasteiger partial charge in [-0.25, -0.2) is 13.8 Å². The summed E-state index contributed by atoms with van der Waals surface area (Å²) in [5, 5.41) is 9.50. The number of nitrogens with one attached hydrogen (secondary N) is 2. The lowest BCUT2D eigenvalue weighted by molar-refractivity contribution is -0.113. The third kappa shape index (κ3) is 4.12. The number of rotatable bonds is 6. The lowest BCUT2D eigenvalue weighted by Crippen LogP contribution is -2.23. The van der Waals surface area contributed by atoms with Crippen molar-refractivity contribution in [2.24, 2.45) is 0 Å². The molecular weight excluding hydrogens is 428 g/mol. The minimum absolute atomic E-state index is 0.114. The number of para-hydroxylation sites is 2. The van der Waals surface area contributed by atoms with Crippen molar-refractivity contribution >= 4 is 34.4 Å². The molecule has 0 aliphatic rings. The molecule has 2 aromatic heterocycles. The van der Waals surface area contributed by atoms with Gasteiger partial charge < -0.3 is 10.1 Å². The van der Waals surface area contributed by atoms with E-state index in [0.717, 1.165) is 23.9 Å². The van der Waals surface area contributed by atoms with E-state index in [1.807, 2.05) is 0 Å². The summed E-state index contributed by atoms with van der Waals surface area (Å²) in [6, 6.07) is 9.96. The fourth-order valence-corrected chi connectivity index (χ4v) is 3.70. The lowest BCUT2D eigenvalue weighted by atomic mass is 10.3. The van der Waals surface area contributed by atoms with Gasteiger partial charge in [-0.2, -0.15) is 5.10 Å². The molecule has 0 radical (unpaired) electrons. The van der Waals surface area contributed by atoms with Crippen molar-refractivity contribution in [2.75, 3.05) is 18.2 Å². The number of anilines is 1. The predicted molar refractivity (Wildman–Crippen MR) is 112 cm³/mol. The highest BCUT2D eigenvalue weighted by Gasteiger charge is 2.18. The Morgan fingerprint density at radius 2 is 2.03 bits per heavy atom. The van der Waals surface area contributed by atoms with Crippen LogP contribution in [0.25, 0.3) is 16.7 Å². The van der Waals surface area contributed by atoms with E-state index >= 15 is 0 Å². The van der Waals surface area contributed by atoms with Gasteiger partial charge in [0.25, 0.3) is 5.56 Å². The molecule has 0 fully saturated rings. The van der Waals surface area contributed by atoms with Crippen molar-refractivity contribution in [3.05, 3.63) is 70.6 Å². The predicted octanol–water partition coefficient (Wildman–Crippen LogP) is 3.13. The molecule has 4 rings (SSSR count). The van der Waals surface area contributed by atoms with Gasteiger partial charge in [0, 0.05) is 11.8 Å². The van der Waals surface area contributed by atoms with E-state index in [1.54, 1.807) is 24.3 Å². The van der Waals surface area contributed by atoms with E-state index in [1.165, 1.54) is 23.9 Å². The number of nitrogens with zero attached hydrogens (tertiary/aromatic N) is 3. The number of hydrogen-bond acceptors (Lipinski definition) is 6. The number of aromatic nitrogens is 4. The van der Waals surface area contributed by atoms with E-state index in [2.05, 4.69) is 20.5 Å². The zero-order chi connectivity index (χ0) is 22.0. The number of ether oxygens (including phenoxy) is 1. The molecule has 0 atom stereocenters. The maximum Gasteiger partial charge on any atom is 0.270 e. The number of H-pyrrole nitrogens is 1. The number of carbonyl (C=O) groups is 1. The molecule has 31 heavy (non-hydrogen) atoms. The first-order valence-corrected chi connectivity index (χ1v) is 9.93. The Labute approximate surface area is 178 Å². The number of amides is 1. The second-order valence-corrected chi connectivity index (χ2v) is 7.25. The molecule has 0 aliphatic heterocycles. The first-order chi connectivity index (χ1) is 15.0. The van der Waals surface area contributed by atoms with Crippen LogP contribution in [-0.2, 0) is 4.79 Å². The van der Waals surface area contributed by atoms with Crippen molar-refractivity contribution in [1.29, 1.82) is 0 Å². The van der Waals surface area contributed by atoms with Gasteiger partial charge in [0.15, 0.2) is 22.4 Å². The molecular formula is C20H15F2N5O3S. The van der Waals surface area contributed by atoms with Crippen molar-refractivity contribution in [2.45, 2.75) is 5.16 Å². The molecule has 0 bridgehead atoms. The second kappa shape index (κ2) is 8.56. The second-order valence-electron chi connectivity index (χ2n) is 6.30. The minimum atomic E-state index is -1.07. The molecule has 2 N–H and O–H groups in total.